The summed E-state index contributed by atoms with van der Waals surface area (Å²) in [6, 6.07) is 0.0921. The third-order valence-electron chi connectivity index (χ3n) is 3.59. The Balaban J connectivity index is 0.00000289. The lowest BCUT2D eigenvalue weighted by Crippen LogP contribution is -2.47. The molecule has 100 valence electrons. The molecule has 0 bridgehead atoms. The van der Waals surface area contributed by atoms with Crippen LogP contribution in [0.25, 0.3) is 0 Å². The number of hydrogen-bond donors (Lipinski definition) is 1. The molecule has 0 radical (unpaired) electrons. The highest BCUT2D eigenvalue weighted by Crippen LogP contribution is 2.15. The maximum Gasteiger partial charge on any atom is 0.222 e. The first kappa shape index (κ1) is 14.0. The van der Waals surface area contributed by atoms with Gasteiger partial charge in [-0.1, -0.05) is 27.2 Å². The van der Waals surface area contributed by atoms with Crippen LogP contribution in [0, 0.1) is 5.92 Å². The maximum atomic E-state index is 11.6. The van der Waals surface area contributed by atoms with E-state index in [9.17, 15) is 9.59 Å². The Bertz CT molecular complexity index is 284. The van der Waals surface area contributed by atoms with Crippen LogP contribution in [0.4, 0.5) is 0 Å². The van der Waals surface area contributed by atoms with Gasteiger partial charge in [0.25, 0.3) is 0 Å². The Kier molecular flexibility index (Phi) is 5.45. The topological polar surface area (TPSA) is 49.4 Å². The Labute approximate surface area is 105 Å². The van der Waals surface area contributed by atoms with Crippen LogP contribution < -0.4 is 5.32 Å². The monoisotopic (exact) mass is 242 g/mol. The number of carbonyl (C=O) groups excluding carboxylic acids is 2. The van der Waals surface area contributed by atoms with Gasteiger partial charge in [-0.2, -0.15) is 0 Å². The minimum absolute atomic E-state index is 0. The summed E-state index contributed by atoms with van der Waals surface area (Å²) in [7, 11) is 0. The van der Waals surface area contributed by atoms with Crippen molar-refractivity contribution < 1.29 is 11.0 Å². The number of rotatable bonds is 6. The first-order valence-corrected chi connectivity index (χ1v) is 6.65. The van der Waals surface area contributed by atoms with Crippen molar-refractivity contribution in [1.29, 1.82) is 0 Å². The van der Waals surface area contributed by atoms with Gasteiger partial charge in [-0.05, 0) is 12.3 Å². The first-order valence-electron chi connectivity index (χ1n) is 6.65. The molecule has 1 rings (SSSR count). The summed E-state index contributed by atoms with van der Waals surface area (Å²) in [5.41, 5.74) is 0. The fourth-order valence-electron chi connectivity index (χ4n) is 2.10. The first-order chi connectivity index (χ1) is 8.08. The molecule has 0 aromatic heterocycles. The largest absolute Gasteiger partial charge is 0.351 e. The second-order valence-electron chi connectivity index (χ2n) is 4.86. The third kappa shape index (κ3) is 4.02. The highest BCUT2D eigenvalue weighted by atomic mass is 16.2. The van der Waals surface area contributed by atoms with Gasteiger partial charge in [0.2, 0.25) is 11.8 Å². The Morgan fingerprint density at radius 2 is 2.24 bits per heavy atom. The molecule has 0 saturated carbocycles. The molecule has 0 spiro atoms. The lowest BCUT2D eigenvalue weighted by Gasteiger charge is -2.28. The molecule has 1 aliphatic rings. The van der Waals surface area contributed by atoms with Crippen molar-refractivity contribution >= 4 is 11.8 Å². The molecule has 0 aromatic rings. The molecule has 0 aliphatic carbocycles. The molecule has 1 saturated heterocycles. The van der Waals surface area contributed by atoms with Gasteiger partial charge in [0.1, 0.15) is 0 Å². The van der Waals surface area contributed by atoms with Gasteiger partial charge in [0, 0.05) is 33.4 Å². The molecular weight excluding hydrogens is 216 g/mol. The molecule has 1 fully saturated rings. The fourth-order valence-corrected chi connectivity index (χ4v) is 2.10. The highest BCUT2D eigenvalue weighted by Gasteiger charge is 2.26. The van der Waals surface area contributed by atoms with E-state index in [1.54, 1.807) is 0 Å². The van der Waals surface area contributed by atoms with Crippen molar-refractivity contribution in [2.24, 2.45) is 5.92 Å². The molecule has 1 heterocycles. The molecule has 2 atom stereocenters. The summed E-state index contributed by atoms with van der Waals surface area (Å²) < 4.78 is 0. The average molecular weight is 242 g/mol. The molecule has 1 N–H and O–H groups in total. The zero-order valence-electron chi connectivity index (χ0n) is 11.2. The van der Waals surface area contributed by atoms with Crippen molar-refractivity contribution in [3.05, 3.63) is 0 Å². The van der Waals surface area contributed by atoms with Gasteiger partial charge in [-0.15, -0.1) is 0 Å². The lowest BCUT2D eigenvalue weighted by molar-refractivity contribution is -0.129. The maximum absolute atomic E-state index is 11.6. The minimum Gasteiger partial charge on any atom is -0.351 e. The average Bonchev–Trinajstić information content (AvgIpc) is 2.73. The van der Waals surface area contributed by atoms with E-state index in [1.165, 1.54) is 0 Å². The summed E-state index contributed by atoms with van der Waals surface area (Å²) in [6.45, 7) is 7.60. The number of carbonyl (C=O) groups is 2. The number of nitrogens with one attached hydrogen (secondary N) is 1. The van der Waals surface area contributed by atoms with Crippen LogP contribution in [-0.2, 0) is 9.59 Å². The molecule has 1 unspecified atom stereocenters. The molecule has 17 heavy (non-hydrogen) atoms. The highest BCUT2D eigenvalue weighted by molar-refractivity contribution is 5.78. The zero-order valence-corrected chi connectivity index (χ0v) is 11.2. The van der Waals surface area contributed by atoms with Crippen LogP contribution >= 0.6 is 0 Å². The van der Waals surface area contributed by atoms with Crippen LogP contribution in [-0.4, -0.2) is 35.8 Å². The molecule has 1 aliphatic heterocycles. The van der Waals surface area contributed by atoms with E-state index in [1.807, 2.05) is 11.8 Å². The number of hydrogen-bond acceptors (Lipinski definition) is 2. The van der Waals surface area contributed by atoms with E-state index in [0.717, 1.165) is 19.4 Å². The van der Waals surface area contributed by atoms with E-state index in [0.29, 0.717) is 25.3 Å². The van der Waals surface area contributed by atoms with E-state index in [-0.39, 0.29) is 19.3 Å². The van der Waals surface area contributed by atoms with Crippen molar-refractivity contribution in [2.45, 2.75) is 52.5 Å². The normalized spacial score (nSPS) is 19.2. The van der Waals surface area contributed by atoms with Crippen LogP contribution in [0.1, 0.15) is 47.9 Å². The van der Waals surface area contributed by atoms with Crippen molar-refractivity contribution in [3.63, 3.8) is 0 Å². The van der Waals surface area contributed by atoms with E-state index in [2.05, 4.69) is 19.2 Å². The molecule has 2 amide bonds. The quantitative estimate of drug-likeness (QED) is 0.772. The van der Waals surface area contributed by atoms with E-state index in [4.69, 9.17) is 0 Å². The van der Waals surface area contributed by atoms with E-state index >= 15 is 0 Å². The summed E-state index contributed by atoms with van der Waals surface area (Å²) in [5.74, 6) is 0.699. The van der Waals surface area contributed by atoms with Gasteiger partial charge in [0.05, 0.1) is 0 Å². The molecular formula is C13H26N2O2. The fraction of sp³-hybridized carbons (Fsp3) is 0.846. The van der Waals surface area contributed by atoms with Gasteiger partial charge in [-0.25, -0.2) is 0 Å². The zero-order chi connectivity index (χ0) is 12.8. The predicted octanol–water partition coefficient (Wildman–Crippen LogP) is 1.80. The van der Waals surface area contributed by atoms with Crippen LogP contribution in [0.3, 0.4) is 0 Å². The SMILES string of the molecule is CCC(=O)N[C@@H](CN1CCCC1=O)C(C)CC.[HH]. The van der Waals surface area contributed by atoms with E-state index < -0.39 is 0 Å². The van der Waals surface area contributed by atoms with Crippen LogP contribution in [0.2, 0.25) is 0 Å². The number of nitrogens with zero attached hydrogens (tertiary/aromatic N) is 1. The number of likely N-dealkylation sites (tertiary alicyclic amines) is 1. The second-order valence-corrected chi connectivity index (χ2v) is 4.86. The van der Waals surface area contributed by atoms with Crippen molar-refractivity contribution in [3.8, 4) is 0 Å². The van der Waals surface area contributed by atoms with Gasteiger partial charge >= 0.3 is 0 Å². The smallest absolute Gasteiger partial charge is 0.222 e. The summed E-state index contributed by atoms with van der Waals surface area (Å²) in [4.78, 5) is 25.0. The van der Waals surface area contributed by atoms with Crippen molar-refractivity contribution in [1.82, 2.24) is 10.2 Å². The molecule has 4 nitrogen and oxygen atoms in total. The van der Waals surface area contributed by atoms with Crippen LogP contribution in [0.15, 0.2) is 0 Å². The van der Waals surface area contributed by atoms with Gasteiger partial charge in [-0.3, -0.25) is 9.59 Å². The summed E-state index contributed by atoms with van der Waals surface area (Å²) in [5, 5.41) is 3.03. The Hall–Kier alpha value is -1.06. The molecule has 0 aromatic carbocycles. The Morgan fingerprint density at radius 1 is 1.53 bits per heavy atom. The van der Waals surface area contributed by atoms with Gasteiger partial charge in [0.15, 0.2) is 0 Å². The molecule has 4 heteroatoms. The Morgan fingerprint density at radius 3 is 2.71 bits per heavy atom. The lowest BCUT2D eigenvalue weighted by atomic mass is 9.98. The predicted molar refractivity (Wildman–Crippen MR) is 69.6 cm³/mol. The number of amides is 2. The van der Waals surface area contributed by atoms with Gasteiger partial charge < -0.3 is 10.2 Å². The third-order valence-corrected chi connectivity index (χ3v) is 3.59. The van der Waals surface area contributed by atoms with Crippen molar-refractivity contribution in [2.75, 3.05) is 13.1 Å². The standard InChI is InChI=1S/C13H24N2O2.H2/c1-4-10(3)11(14-12(16)5-2)9-15-8-6-7-13(15)17;/h10-11H,4-9H2,1-3H3,(H,14,16);1H/t10?,11-;/m0./s1. The minimum atomic E-state index is 0. The second kappa shape index (κ2) is 6.62. The summed E-state index contributed by atoms with van der Waals surface area (Å²) >= 11 is 0. The summed E-state index contributed by atoms with van der Waals surface area (Å²) in [6.07, 6.45) is 3.13. The van der Waals surface area contributed by atoms with Crippen LogP contribution in [0.5, 0.6) is 0 Å².